The zero-order chi connectivity index (χ0) is 11.5. The average Bonchev–Trinajstić information content (AvgIpc) is 2.15. The summed E-state index contributed by atoms with van der Waals surface area (Å²) in [6.07, 6.45) is -3.71. The maximum atomic E-state index is 11.9. The molecule has 0 fully saturated rings. The Hall–Kier alpha value is -1.79. The fourth-order valence-electron chi connectivity index (χ4n) is 0.848. The molecule has 0 amide bonds. The van der Waals surface area contributed by atoms with Crippen LogP contribution in [0.15, 0.2) is 18.3 Å². The van der Waals surface area contributed by atoms with E-state index in [1.54, 1.807) is 0 Å². The molecule has 0 unspecified atom stereocenters. The Balaban J connectivity index is 3.02. The zero-order valence-electron chi connectivity index (χ0n) is 7.54. The van der Waals surface area contributed by atoms with Gasteiger partial charge in [-0.05, 0) is 12.1 Å². The molecule has 0 bridgehead atoms. The van der Waals surface area contributed by atoms with Gasteiger partial charge in [-0.2, -0.15) is 0 Å². The van der Waals surface area contributed by atoms with E-state index < -0.39 is 23.8 Å². The Bertz CT molecular complexity index is 364. The molecule has 15 heavy (non-hydrogen) atoms. The molecular weight excluding hydrogens is 215 g/mol. The second kappa shape index (κ2) is 4.16. The van der Waals surface area contributed by atoms with E-state index in [2.05, 4.69) is 14.5 Å². The van der Waals surface area contributed by atoms with Crippen molar-refractivity contribution < 1.29 is 27.4 Å². The van der Waals surface area contributed by atoms with Crippen molar-refractivity contribution in [1.82, 2.24) is 4.98 Å². The van der Waals surface area contributed by atoms with Crippen LogP contribution in [0.2, 0.25) is 0 Å². The highest BCUT2D eigenvalue weighted by Gasteiger charge is 2.33. The molecule has 0 aromatic carbocycles. The molecule has 0 aliphatic carbocycles. The highest BCUT2D eigenvalue weighted by Crippen LogP contribution is 2.25. The van der Waals surface area contributed by atoms with Crippen molar-refractivity contribution in [2.75, 3.05) is 7.11 Å². The van der Waals surface area contributed by atoms with Gasteiger partial charge in [-0.3, -0.25) is 0 Å². The summed E-state index contributed by atoms with van der Waals surface area (Å²) in [6, 6.07) is 2.19. The minimum absolute atomic E-state index is 0.516. The molecule has 4 nitrogen and oxygen atoms in total. The quantitative estimate of drug-likeness (QED) is 0.714. The van der Waals surface area contributed by atoms with Crippen molar-refractivity contribution >= 4 is 5.97 Å². The van der Waals surface area contributed by atoms with E-state index in [1.807, 2.05) is 0 Å². The van der Waals surface area contributed by atoms with Crippen LogP contribution in [0.3, 0.4) is 0 Å². The Morgan fingerprint density at radius 1 is 1.47 bits per heavy atom. The number of alkyl halides is 3. The molecule has 0 aliphatic heterocycles. The van der Waals surface area contributed by atoms with E-state index in [4.69, 9.17) is 0 Å². The number of aromatic nitrogens is 1. The smallest absolute Gasteiger partial charge is 0.464 e. The lowest BCUT2D eigenvalue weighted by Gasteiger charge is -2.10. The second-order valence-corrected chi connectivity index (χ2v) is 2.39. The van der Waals surface area contributed by atoms with Gasteiger partial charge in [-0.1, -0.05) is 0 Å². The Morgan fingerprint density at radius 3 is 2.67 bits per heavy atom. The van der Waals surface area contributed by atoms with Crippen molar-refractivity contribution in [2.45, 2.75) is 6.36 Å². The predicted molar refractivity (Wildman–Crippen MR) is 42.3 cm³/mol. The van der Waals surface area contributed by atoms with E-state index in [9.17, 15) is 18.0 Å². The van der Waals surface area contributed by atoms with E-state index >= 15 is 0 Å². The van der Waals surface area contributed by atoms with E-state index in [-0.39, 0.29) is 0 Å². The van der Waals surface area contributed by atoms with Gasteiger partial charge < -0.3 is 9.47 Å². The number of methoxy groups -OCH3 is 1. The monoisotopic (exact) mass is 221 g/mol. The molecular formula is C8H6F3NO3. The average molecular weight is 221 g/mol. The van der Waals surface area contributed by atoms with Crippen LogP contribution >= 0.6 is 0 Å². The summed E-state index contributed by atoms with van der Waals surface area (Å²) in [6.45, 7) is 0. The molecule has 1 aromatic heterocycles. The number of pyridine rings is 1. The molecule has 1 aromatic rings. The third-order valence-corrected chi connectivity index (χ3v) is 1.38. The molecule has 1 heterocycles. The largest absolute Gasteiger partial charge is 0.573 e. The van der Waals surface area contributed by atoms with Crippen molar-refractivity contribution in [3.63, 3.8) is 0 Å². The maximum absolute atomic E-state index is 11.9. The van der Waals surface area contributed by atoms with Gasteiger partial charge in [0.25, 0.3) is 0 Å². The highest BCUT2D eigenvalue weighted by atomic mass is 19.4. The van der Waals surface area contributed by atoms with Gasteiger partial charge in [0.1, 0.15) is 0 Å². The zero-order valence-corrected chi connectivity index (χ0v) is 7.54. The molecule has 1 rings (SSSR count). The number of carbonyl (C=O) groups is 1. The van der Waals surface area contributed by atoms with E-state index in [0.29, 0.717) is 0 Å². The summed E-state index contributed by atoms with van der Waals surface area (Å²) in [4.78, 5) is 14.4. The first-order valence-corrected chi connectivity index (χ1v) is 3.73. The predicted octanol–water partition coefficient (Wildman–Crippen LogP) is 1.77. The summed E-state index contributed by atoms with van der Waals surface area (Å²) in [5, 5.41) is 0. The van der Waals surface area contributed by atoms with Crippen LogP contribution < -0.4 is 4.74 Å². The first-order valence-electron chi connectivity index (χ1n) is 3.73. The second-order valence-electron chi connectivity index (χ2n) is 2.39. The summed E-state index contributed by atoms with van der Waals surface area (Å²) in [5.74, 6) is -1.67. The lowest BCUT2D eigenvalue weighted by molar-refractivity contribution is -0.274. The third kappa shape index (κ3) is 3.12. The molecule has 0 saturated heterocycles. The van der Waals surface area contributed by atoms with Gasteiger partial charge in [-0.25, -0.2) is 9.78 Å². The van der Waals surface area contributed by atoms with Crippen LogP contribution in [-0.4, -0.2) is 24.4 Å². The Kier molecular flexibility index (Phi) is 3.13. The SMILES string of the molecule is COC(=O)c1ncccc1OC(F)(F)F. The molecule has 0 spiro atoms. The topological polar surface area (TPSA) is 48.4 Å². The van der Waals surface area contributed by atoms with Crippen molar-refractivity contribution in [3.8, 4) is 5.75 Å². The fraction of sp³-hybridized carbons (Fsp3) is 0.250. The van der Waals surface area contributed by atoms with Crippen LogP contribution in [0.25, 0.3) is 0 Å². The van der Waals surface area contributed by atoms with Gasteiger partial charge in [-0.15, -0.1) is 13.2 Å². The van der Waals surface area contributed by atoms with Crippen LogP contribution in [0.4, 0.5) is 13.2 Å². The molecule has 0 radical (unpaired) electrons. The van der Waals surface area contributed by atoms with Gasteiger partial charge >= 0.3 is 12.3 Å². The Labute approximate surface area is 82.6 Å². The van der Waals surface area contributed by atoms with Gasteiger partial charge in [0.15, 0.2) is 11.4 Å². The number of hydrogen-bond acceptors (Lipinski definition) is 4. The number of rotatable bonds is 2. The lowest BCUT2D eigenvalue weighted by atomic mass is 10.3. The minimum Gasteiger partial charge on any atom is -0.464 e. The Morgan fingerprint density at radius 2 is 2.13 bits per heavy atom. The molecule has 0 N–H and O–H groups in total. The number of carbonyl (C=O) groups excluding carboxylic acids is 1. The number of ether oxygens (including phenoxy) is 2. The number of esters is 1. The molecule has 7 heteroatoms. The number of halogens is 3. The molecule has 0 aliphatic rings. The lowest BCUT2D eigenvalue weighted by Crippen LogP contribution is -2.19. The summed E-state index contributed by atoms with van der Waals surface area (Å²) in [5.41, 5.74) is -0.516. The number of nitrogens with zero attached hydrogens (tertiary/aromatic N) is 1. The summed E-state index contributed by atoms with van der Waals surface area (Å²) < 4.78 is 43.5. The van der Waals surface area contributed by atoms with Crippen molar-refractivity contribution in [2.24, 2.45) is 0 Å². The highest BCUT2D eigenvalue weighted by molar-refractivity contribution is 5.90. The van der Waals surface area contributed by atoms with Crippen LogP contribution in [-0.2, 0) is 4.74 Å². The summed E-state index contributed by atoms with van der Waals surface area (Å²) >= 11 is 0. The van der Waals surface area contributed by atoms with Crippen LogP contribution in [0.5, 0.6) is 5.75 Å². The van der Waals surface area contributed by atoms with Crippen molar-refractivity contribution in [1.29, 1.82) is 0 Å². The normalized spacial score (nSPS) is 10.9. The standard InChI is InChI=1S/C8H6F3NO3/c1-14-7(13)6-5(3-2-4-12-6)15-8(9,10)11/h2-4H,1H3. The first kappa shape index (κ1) is 11.3. The third-order valence-electron chi connectivity index (χ3n) is 1.38. The molecule has 0 saturated carbocycles. The van der Waals surface area contributed by atoms with Gasteiger partial charge in [0.2, 0.25) is 0 Å². The van der Waals surface area contributed by atoms with E-state index in [0.717, 1.165) is 19.4 Å². The fourth-order valence-corrected chi connectivity index (χ4v) is 0.848. The molecule has 0 atom stereocenters. The first-order chi connectivity index (χ1) is 6.94. The molecule has 82 valence electrons. The van der Waals surface area contributed by atoms with Gasteiger partial charge in [0, 0.05) is 6.20 Å². The minimum atomic E-state index is -4.87. The van der Waals surface area contributed by atoms with Crippen molar-refractivity contribution in [3.05, 3.63) is 24.0 Å². The number of hydrogen-bond donors (Lipinski definition) is 0. The maximum Gasteiger partial charge on any atom is 0.573 e. The van der Waals surface area contributed by atoms with Crippen LogP contribution in [0.1, 0.15) is 10.5 Å². The summed E-state index contributed by atoms with van der Waals surface area (Å²) in [7, 11) is 1.04. The van der Waals surface area contributed by atoms with Crippen LogP contribution in [0, 0.1) is 0 Å². The van der Waals surface area contributed by atoms with E-state index in [1.165, 1.54) is 6.07 Å². The van der Waals surface area contributed by atoms with Gasteiger partial charge in [0.05, 0.1) is 7.11 Å².